The van der Waals surface area contributed by atoms with E-state index in [9.17, 15) is 9.90 Å². The van der Waals surface area contributed by atoms with E-state index in [0.717, 1.165) is 25.1 Å². The van der Waals surface area contributed by atoms with Crippen molar-refractivity contribution < 1.29 is 9.90 Å². The summed E-state index contributed by atoms with van der Waals surface area (Å²) in [5.74, 6) is 0.140. The Balaban J connectivity index is 0.00000242. The van der Waals surface area contributed by atoms with Gasteiger partial charge in [0, 0.05) is 13.1 Å². The summed E-state index contributed by atoms with van der Waals surface area (Å²) in [6, 6.07) is 7.83. The van der Waals surface area contributed by atoms with E-state index in [0.29, 0.717) is 13.1 Å². The van der Waals surface area contributed by atoms with Crippen LogP contribution in [-0.2, 0) is 4.79 Å². The predicted molar refractivity (Wildman–Crippen MR) is 91.2 cm³/mol. The maximum Gasteiger partial charge on any atom is 0.229 e. The van der Waals surface area contributed by atoms with Crippen LogP contribution in [0.5, 0.6) is 0 Å². The first-order valence-corrected chi connectivity index (χ1v) is 7.71. The Morgan fingerprint density at radius 2 is 2.05 bits per heavy atom. The highest BCUT2D eigenvalue weighted by molar-refractivity contribution is 5.85. The molecule has 1 aliphatic rings. The lowest BCUT2D eigenvalue weighted by atomic mass is 9.88. The second-order valence-electron chi connectivity index (χ2n) is 6.26. The Labute approximate surface area is 139 Å². The molecule has 1 heterocycles. The highest BCUT2D eigenvalue weighted by Crippen LogP contribution is 2.28. The van der Waals surface area contributed by atoms with Crippen LogP contribution in [0.4, 0.5) is 0 Å². The van der Waals surface area contributed by atoms with Gasteiger partial charge in [-0.2, -0.15) is 0 Å². The number of aliphatic hydroxyl groups is 1. The quantitative estimate of drug-likeness (QED) is 0.873. The fourth-order valence-electron chi connectivity index (χ4n) is 2.84. The first kappa shape index (κ1) is 18.9. The van der Waals surface area contributed by atoms with E-state index in [1.807, 2.05) is 45.0 Å². The summed E-state index contributed by atoms with van der Waals surface area (Å²) in [5.41, 5.74) is 1.70. The van der Waals surface area contributed by atoms with Crippen molar-refractivity contribution >= 4 is 18.3 Å². The number of carbonyl (C=O) groups is 1. The van der Waals surface area contributed by atoms with Gasteiger partial charge in [0.2, 0.25) is 5.91 Å². The van der Waals surface area contributed by atoms with E-state index in [2.05, 4.69) is 5.32 Å². The molecule has 0 radical (unpaired) electrons. The molecule has 0 bridgehead atoms. The van der Waals surface area contributed by atoms with Crippen LogP contribution in [0, 0.1) is 12.3 Å². The molecule has 1 fully saturated rings. The zero-order valence-corrected chi connectivity index (χ0v) is 14.4. The lowest BCUT2D eigenvalue weighted by molar-refractivity contribution is -0.141. The topological polar surface area (TPSA) is 52.6 Å². The highest BCUT2D eigenvalue weighted by Gasteiger charge is 2.39. The van der Waals surface area contributed by atoms with Crippen LogP contribution in [0.2, 0.25) is 0 Å². The van der Waals surface area contributed by atoms with Crippen LogP contribution in [0.1, 0.15) is 37.5 Å². The van der Waals surface area contributed by atoms with Gasteiger partial charge in [0.05, 0.1) is 18.1 Å². The van der Waals surface area contributed by atoms with Crippen LogP contribution in [0.25, 0.3) is 0 Å². The van der Waals surface area contributed by atoms with E-state index >= 15 is 0 Å². The zero-order chi connectivity index (χ0) is 15.5. The molecule has 1 amide bonds. The number of hydrogen-bond acceptors (Lipinski definition) is 3. The molecule has 0 aliphatic carbocycles. The van der Waals surface area contributed by atoms with Gasteiger partial charge in [0.15, 0.2) is 0 Å². The van der Waals surface area contributed by atoms with Gasteiger partial charge in [-0.3, -0.25) is 4.79 Å². The van der Waals surface area contributed by atoms with Crippen molar-refractivity contribution in [2.75, 3.05) is 26.2 Å². The van der Waals surface area contributed by atoms with Crippen LogP contribution in [0.15, 0.2) is 24.3 Å². The molecule has 1 aromatic rings. The minimum absolute atomic E-state index is 0. The first-order chi connectivity index (χ1) is 9.96. The third kappa shape index (κ3) is 4.22. The van der Waals surface area contributed by atoms with Crippen molar-refractivity contribution in [2.24, 2.45) is 5.41 Å². The van der Waals surface area contributed by atoms with Crippen molar-refractivity contribution in [3.8, 4) is 0 Å². The normalized spacial score (nSPS) is 22.0. The van der Waals surface area contributed by atoms with Crippen molar-refractivity contribution in [2.45, 2.75) is 33.3 Å². The molecule has 0 saturated carbocycles. The van der Waals surface area contributed by atoms with Crippen LogP contribution < -0.4 is 5.32 Å². The predicted octanol–water partition coefficient (Wildman–Crippen LogP) is 2.30. The lowest BCUT2D eigenvalue weighted by Gasteiger charge is -2.32. The molecular weight excluding hydrogens is 300 g/mol. The third-order valence-electron chi connectivity index (χ3n) is 4.41. The standard InChI is InChI=1S/C17H26N2O2.ClH/c1-4-19(16(21)17(3)9-10-18-12-17)11-15(20)14-7-5-13(2)6-8-14;/h5-8,15,18,20H,4,9-12H2,1-3H3;1H. The maximum atomic E-state index is 12.7. The summed E-state index contributed by atoms with van der Waals surface area (Å²) >= 11 is 0. The number of nitrogens with one attached hydrogen (secondary N) is 1. The molecule has 2 atom stereocenters. The highest BCUT2D eigenvalue weighted by atomic mass is 35.5. The number of hydrogen-bond donors (Lipinski definition) is 2. The third-order valence-corrected chi connectivity index (χ3v) is 4.41. The van der Waals surface area contributed by atoms with Gasteiger partial charge < -0.3 is 15.3 Å². The van der Waals surface area contributed by atoms with E-state index < -0.39 is 6.10 Å². The number of likely N-dealkylation sites (N-methyl/N-ethyl adjacent to an activating group) is 1. The van der Waals surface area contributed by atoms with E-state index in [-0.39, 0.29) is 23.7 Å². The van der Waals surface area contributed by atoms with Crippen molar-refractivity contribution in [1.29, 1.82) is 0 Å². The number of aryl methyl sites for hydroxylation is 1. The number of carbonyl (C=O) groups excluding carboxylic acids is 1. The van der Waals surface area contributed by atoms with E-state index in [1.54, 1.807) is 4.90 Å². The maximum absolute atomic E-state index is 12.7. The number of benzene rings is 1. The molecule has 22 heavy (non-hydrogen) atoms. The Morgan fingerprint density at radius 3 is 2.55 bits per heavy atom. The summed E-state index contributed by atoms with van der Waals surface area (Å²) in [6.45, 7) is 8.59. The monoisotopic (exact) mass is 326 g/mol. The molecule has 5 heteroatoms. The summed E-state index contributed by atoms with van der Waals surface area (Å²) in [6.07, 6.45) is 0.232. The van der Waals surface area contributed by atoms with E-state index in [1.165, 1.54) is 5.56 Å². The number of halogens is 1. The van der Waals surface area contributed by atoms with Crippen LogP contribution in [-0.4, -0.2) is 42.1 Å². The van der Waals surface area contributed by atoms with Crippen LogP contribution in [0.3, 0.4) is 0 Å². The van der Waals surface area contributed by atoms with Gasteiger partial charge >= 0.3 is 0 Å². The number of rotatable bonds is 5. The first-order valence-electron chi connectivity index (χ1n) is 7.71. The second kappa shape index (κ2) is 7.95. The summed E-state index contributed by atoms with van der Waals surface area (Å²) in [4.78, 5) is 14.5. The molecule has 4 nitrogen and oxygen atoms in total. The van der Waals surface area contributed by atoms with Crippen molar-refractivity contribution in [1.82, 2.24) is 10.2 Å². The second-order valence-corrected chi connectivity index (χ2v) is 6.26. The Hall–Kier alpha value is -1.10. The molecule has 2 N–H and O–H groups in total. The van der Waals surface area contributed by atoms with Gasteiger partial charge in [-0.1, -0.05) is 29.8 Å². The molecule has 124 valence electrons. The minimum Gasteiger partial charge on any atom is -0.387 e. The molecule has 1 aliphatic heterocycles. The van der Waals surface area contributed by atoms with Gasteiger partial charge in [-0.15, -0.1) is 12.4 Å². The molecular formula is C17H27ClN2O2. The zero-order valence-electron chi connectivity index (χ0n) is 13.6. The SMILES string of the molecule is CCN(CC(O)c1ccc(C)cc1)C(=O)C1(C)CCNC1.Cl. The van der Waals surface area contributed by atoms with Crippen LogP contribution >= 0.6 is 12.4 Å². The summed E-state index contributed by atoms with van der Waals surface area (Å²) in [5, 5.41) is 13.6. The Morgan fingerprint density at radius 1 is 1.41 bits per heavy atom. The largest absolute Gasteiger partial charge is 0.387 e. The summed E-state index contributed by atoms with van der Waals surface area (Å²) in [7, 11) is 0. The average Bonchev–Trinajstić information content (AvgIpc) is 2.92. The average molecular weight is 327 g/mol. The van der Waals surface area contributed by atoms with E-state index in [4.69, 9.17) is 0 Å². The molecule has 2 unspecified atom stereocenters. The Kier molecular flexibility index (Phi) is 6.85. The van der Waals surface area contributed by atoms with Gasteiger partial charge in [-0.25, -0.2) is 0 Å². The molecule has 0 spiro atoms. The molecule has 1 saturated heterocycles. The summed E-state index contributed by atoms with van der Waals surface area (Å²) < 4.78 is 0. The fourth-order valence-corrected chi connectivity index (χ4v) is 2.84. The van der Waals surface area contributed by atoms with Crippen molar-refractivity contribution in [3.05, 3.63) is 35.4 Å². The number of amides is 1. The van der Waals surface area contributed by atoms with Gasteiger partial charge in [0.1, 0.15) is 0 Å². The molecule has 0 aromatic heterocycles. The number of nitrogens with zero attached hydrogens (tertiary/aromatic N) is 1. The molecule has 2 rings (SSSR count). The Bertz CT molecular complexity index is 484. The van der Waals surface area contributed by atoms with Gasteiger partial charge in [-0.05, 0) is 39.3 Å². The number of aliphatic hydroxyl groups excluding tert-OH is 1. The lowest BCUT2D eigenvalue weighted by Crippen LogP contribution is -2.45. The smallest absolute Gasteiger partial charge is 0.229 e. The fraction of sp³-hybridized carbons (Fsp3) is 0.588. The van der Waals surface area contributed by atoms with Crippen molar-refractivity contribution in [3.63, 3.8) is 0 Å². The van der Waals surface area contributed by atoms with Gasteiger partial charge in [0.25, 0.3) is 0 Å². The minimum atomic E-state index is -0.632. The molecule has 1 aromatic carbocycles.